The zero-order valence-corrected chi connectivity index (χ0v) is 20.3. The number of hydrogen-bond acceptors (Lipinski definition) is 4. The average molecular weight is 576 g/mol. The van der Waals surface area contributed by atoms with Crippen molar-refractivity contribution in [3.63, 3.8) is 0 Å². The third-order valence-corrected chi connectivity index (χ3v) is 8.18. The van der Waals surface area contributed by atoms with Gasteiger partial charge in [-0.05, 0) is 29.2 Å². The van der Waals surface area contributed by atoms with Crippen molar-refractivity contribution in [3.05, 3.63) is 59.2 Å². The van der Waals surface area contributed by atoms with E-state index in [1.807, 2.05) is 4.90 Å². The highest BCUT2D eigenvalue weighted by atomic mass is 32.2. The first-order valence-electron chi connectivity index (χ1n) is 11.1. The van der Waals surface area contributed by atoms with Gasteiger partial charge >= 0.3 is 18.5 Å². The Balaban J connectivity index is 1.61. The van der Waals surface area contributed by atoms with E-state index in [0.29, 0.717) is 31.6 Å². The molecule has 0 saturated carbocycles. The summed E-state index contributed by atoms with van der Waals surface area (Å²) >= 11 is 0. The molecule has 5 rings (SSSR count). The molecule has 0 amide bonds. The molecule has 2 atom stereocenters. The van der Waals surface area contributed by atoms with Crippen LogP contribution in [0.15, 0.2) is 42.5 Å². The van der Waals surface area contributed by atoms with Crippen molar-refractivity contribution in [2.45, 2.75) is 49.2 Å². The van der Waals surface area contributed by atoms with Crippen LogP contribution < -0.4 is 0 Å². The summed E-state index contributed by atoms with van der Waals surface area (Å²) in [4.78, 5) is 1.82. The summed E-state index contributed by atoms with van der Waals surface area (Å²) < 4.78 is 145. The summed E-state index contributed by atoms with van der Waals surface area (Å²) in [6, 6.07) is 4.62. The van der Waals surface area contributed by atoms with E-state index in [1.165, 1.54) is 10.4 Å². The minimum Gasteiger partial charge on any atom is -0.369 e. The maximum atomic E-state index is 13.9. The molecule has 3 aliphatic heterocycles. The van der Waals surface area contributed by atoms with Crippen LogP contribution in [0.3, 0.4) is 0 Å². The molecular weight excluding hydrogens is 555 g/mol. The quantitative estimate of drug-likeness (QED) is 0.515. The predicted octanol–water partition coefficient (Wildman–Crippen LogP) is 4.90. The van der Waals surface area contributed by atoms with Crippen LogP contribution in [0.4, 0.5) is 39.5 Å². The van der Waals surface area contributed by atoms with Crippen LogP contribution >= 0.6 is 0 Å². The molecule has 0 radical (unpaired) electrons. The highest BCUT2D eigenvalue weighted by Crippen LogP contribution is 2.50. The maximum Gasteiger partial charge on any atom is 0.430 e. The normalized spacial score (nSPS) is 21.9. The molecule has 0 aromatic heterocycles. The van der Waals surface area contributed by atoms with Gasteiger partial charge in [0.1, 0.15) is 0 Å². The van der Waals surface area contributed by atoms with Crippen molar-refractivity contribution in [3.8, 4) is 11.1 Å². The SMILES string of the molecule is CS(=O)(=O)N1C2CC1CN(Cc1ccc(-c3ccc(C(O)(C(F)(F)F)C(F)(F)F)cc3)c(C(F)(F)F)c1)C2. The van der Waals surface area contributed by atoms with Gasteiger partial charge in [-0.2, -0.15) is 43.8 Å². The Morgan fingerprint density at radius 3 is 1.84 bits per heavy atom. The van der Waals surface area contributed by atoms with E-state index >= 15 is 0 Å². The summed E-state index contributed by atoms with van der Waals surface area (Å²) in [5.41, 5.74) is -8.46. The Morgan fingerprint density at radius 1 is 0.868 bits per heavy atom. The number of aliphatic hydroxyl groups is 1. The van der Waals surface area contributed by atoms with Crippen LogP contribution in [0.5, 0.6) is 0 Å². The van der Waals surface area contributed by atoms with Gasteiger partial charge in [0.05, 0.1) is 11.8 Å². The number of hydrogen-bond donors (Lipinski definition) is 1. The van der Waals surface area contributed by atoms with Gasteiger partial charge < -0.3 is 5.11 Å². The molecule has 3 fully saturated rings. The first-order valence-corrected chi connectivity index (χ1v) is 13.0. The fourth-order valence-electron chi connectivity index (χ4n) is 5.15. The monoisotopic (exact) mass is 576 g/mol. The number of alkyl halides is 9. The summed E-state index contributed by atoms with van der Waals surface area (Å²) in [5, 5.41) is 9.50. The fraction of sp³-hybridized carbons (Fsp3) is 0.478. The molecule has 38 heavy (non-hydrogen) atoms. The van der Waals surface area contributed by atoms with Crippen LogP contribution in [-0.2, 0) is 28.3 Å². The summed E-state index contributed by atoms with van der Waals surface area (Å²) in [6.07, 6.45) is -15.4. The van der Waals surface area contributed by atoms with Crippen molar-refractivity contribution < 1.29 is 53.0 Å². The zero-order chi connectivity index (χ0) is 28.5. The maximum absolute atomic E-state index is 13.9. The number of sulfonamides is 1. The van der Waals surface area contributed by atoms with Crippen LogP contribution in [0.2, 0.25) is 0 Å². The second-order valence-electron chi connectivity index (χ2n) is 9.49. The summed E-state index contributed by atoms with van der Waals surface area (Å²) in [5.74, 6) is 0. The second-order valence-corrected chi connectivity index (χ2v) is 11.4. The lowest BCUT2D eigenvalue weighted by atomic mass is 9.89. The van der Waals surface area contributed by atoms with Crippen LogP contribution in [0.25, 0.3) is 11.1 Å². The first-order chi connectivity index (χ1) is 17.2. The third-order valence-electron chi connectivity index (χ3n) is 6.81. The predicted molar refractivity (Wildman–Crippen MR) is 117 cm³/mol. The number of benzene rings is 2. The fourth-order valence-corrected chi connectivity index (χ4v) is 6.54. The number of piperidine rings is 1. The van der Waals surface area contributed by atoms with Gasteiger partial charge in [0, 0.05) is 37.3 Å². The molecule has 2 unspecified atom stereocenters. The van der Waals surface area contributed by atoms with Crippen LogP contribution in [-0.4, -0.2) is 66.5 Å². The van der Waals surface area contributed by atoms with Crippen molar-refractivity contribution in [2.24, 2.45) is 0 Å². The number of piperazine rings is 1. The van der Waals surface area contributed by atoms with Gasteiger partial charge in [-0.15, -0.1) is 0 Å². The Kier molecular flexibility index (Phi) is 6.86. The van der Waals surface area contributed by atoms with Gasteiger partial charge in [-0.25, -0.2) is 8.42 Å². The topological polar surface area (TPSA) is 60.9 Å². The van der Waals surface area contributed by atoms with Gasteiger partial charge in [0.2, 0.25) is 10.0 Å². The Bertz CT molecular complexity index is 1280. The zero-order valence-electron chi connectivity index (χ0n) is 19.5. The highest BCUT2D eigenvalue weighted by Gasteiger charge is 2.71. The minimum absolute atomic E-state index is 0.0805. The molecule has 15 heteroatoms. The number of rotatable bonds is 5. The average Bonchev–Trinajstić information content (AvgIpc) is 2.75. The van der Waals surface area contributed by atoms with E-state index in [0.717, 1.165) is 18.4 Å². The molecular formula is C23H21F9N2O3S. The first kappa shape index (κ1) is 28.6. The smallest absolute Gasteiger partial charge is 0.369 e. The standard InChI is InChI=1S/C23H21F9N2O3S/c1-38(36,37)34-16-9-17(34)12-33(11-16)10-13-2-7-18(19(8-13)21(24,25)26)14-3-5-15(6-4-14)20(35,22(27,28)29)23(30,31)32/h2-8,16-17,35H,9-12H2,1H3. The second kappa shape index (κ2) is 9.10. The Morgan fingerprint density at radius 2 is 1.39 bits per heavy atom. The van der Waals surface area contributed by atoms with Crippen LogP contribution in [0, 0.1) is 0 Å². The molecule has 2 aromatic rings. The highest BCUT2D eigenvalue weighted by molar-refractivity contribution is 7.88. The molecule has 3 saturated heterocycles. The number of halogens is 9. The molecule has 1 N–H and O–H groups in total. The number of fused-ring (bicyclic) bond motifs is 2. The van der Waals surface area contributed by atoms with E-state index in [-0.39, 0.29) is 41.9 Å². The van der Waals surface area contributed by atoms with E-state index in [1.54, 1.807) is 0 Å². The molecule has 5 nitrogen and oxygen atoms in total. The lowest BCUT2D eigenvalue weighted by Crippen LogP contribution is -2.69. The van der Waals surface area contributed by atoms with Gasteiger partial charge in [-0.1, -0.05) is 36.4 Å². The van der Waals surface area contributed by atoms with Crippen molar-refractivity contribution in [2.75, 3.05) is 19.3 Å². The molecule has 3 heterocycles. The largest absolute Gasteiger partial charge is 0.430 e. The van der Waals surface area contributed by atoms with Crippen molar-refractivity contribution in [1.29, 1.82) is 0 Å². The summed E-state index contributed by atoms with van der Waals surface area (Å²) in [6.45, 7) is 0.738. The van der Waals surface area contributed by atoms with E-state index in [2.05, 4.69) is 0 Å². The Labute approximate surface area is 211 Å². The van der Waals surface area contributed by atoms with Crippen LogP contribution in [0.1, 0.15) is 23.1 Å². The lowest BCUT2D eigenvalue weighted by Gasteiger charge is -2.54. The lowest BCUT2D eigenvalue weighted by molar-refractivity contribution is -0.376. The minimum atomic E-state index is -6.13. The summed E-state index contributed by atoms with van der Waals surface area (Å²) in [7, 11) is -3.40. The number of nitrogens with zero attached hydrogens (tertiary/aromatic N) is 2. The third kappa shape index (κ3) is 5.00. The molecule has 2 bridgehead atoms. The molecule has 2 aromatic carbocycles. The van der Waals surface area contributed by atoms with Gasteiger partial charge in [0.25, 0.3) is 5.60 Å². The van der Waals surface area contributed by atoms with E-state index < -0.39 is 50.8 Å². The molecule has 0 spiro atoms. The molecule has 0 aliphatic carbocycles. The van der Waals surface area contributed by atoms with E-state index in [9.17, 15) is 53.0 Å². The molecule has 3 aliphatic rings. The van der Waals surface area contributed by atoms with Crippen molar-refractivity contribution >= 4 is 10.0 Å². The van der Waals surface area contributed by atoms with E-state index in [4.69, 9.17) is 0 Å². The van der Waals surface area contributed by atoms with Gasteiger partial charge in [-0.3, -0.25) is 4.90 Å². The Hall–Kier alpha value is -2.36. The van der Waals surface area contributed by atoms with Crippen molar-refractivity contribution in [1.82, 2.24) is 9.21 Å². The molecule has 210 valence electrons. The van der Waals surface area contributed by atoms with Gasteiger partial charge in [0.15, 0.2) is 0 Å².